The molecule has 1 aromatic rings. The number of rotatable bonds is 1. The minimum atomic E-state index is -3.40. The monoisotopic (exact) mass is 238 g/mol. The SMILES string of the molecule is C=C(C)C1CNS(=O)(=O)c2ccccc2N1. The Bertz CT molecular complexity index is 523. The summed E-state index contributed by atoms with van der Waals surface area (Å²) in [4.78, 5) is 0.291. The van der Waals surface area contributed by atoms with Crippen LogP contribution in [0, 0.1) is 0 Å². The Morgan fingerprint density at radius 3 is 2.81 bits per heavy atom. The van der Waals surface area contributed by atoms with Gasteiger partial charge in [-0.05, 0) is 19.1 Å². The molecule has 0 saturated heterocycles. The van der Waals surface area contributed by atoms with Crippen LogP contribution in [0.15, 0.2) is 41.3 Å². The van der Waals surface area contributed by atoms with Crippen molar-refractivity contribution >= 4 is 15.7 Å². The summed E-state index contributed by atoms with van der Waals surface area (Å²) in [5.74, 6) is 0. The fourth-order valence-corrected chi connectivity index (χ4v) is 2.84. The molecular weight excluding hydrogens is 224 g/mol. The van der Waals surface area contributed by atoms with E-state index in [1.54, 1.807) is 18.2 Å². The summed E-state index contributed by atoms with van der Waals surface area (Å²) < 4.78 is 26.3. The number of nitrogens with one attached hydrogen (secondary N) is 2. The van der Waals surface area contributed by atoms with Gasteiger partial charge in [-0.15, -0.1) is 0 Å². The lowest BCUT2D eigenvalue weighted by Crippen LogP contribution is -2.33. The number of fused-ring (bicyclic) bond motifs is 1. The maximum absolute atomic E-state index is 11.9. The maximum atomic E-state index is 11.9. The second kappa shape index (κ2) is 3.92. The Morgan fingerprint density at radius 2 is 2.12 bits per heavy atom. The van der Waals surface area contributed by atoms with E-state index in [9.17, 15) is 8.42 Å². The molecule has 0 radical (unpaired) electrons. The molecule has 0 spiro atoms. The Kier molecular flexibility index (Phi) is 2.73. The van der Waals surface area contributed by atoms with Crippen LogP contribution in [-0.4, -0.2) is 21.0 Å². The third kappa shape index (κ3) is 1.96. The number of hydrogen-bond acceptors (Lipinski definition) is 3. The van der Waals surface area contributed by atoms with Gasteiger partial charge in [-0.1, -0.05) is 24.3 Å². The highest BCUT2D eigenvalue weighted by molar-refractivity contribution is 7.89. The summed E-state index contributed by atoms with van der Waals surface area (Å²) in [6, 6.07) is 6.79. The smallest absolute Gasteiger partial charge is 0.242 e. The van der Waals surface area contributed by atoms with E-state index in [4.69, 9.17) is 0 Å². The van der Waals surface area contributed by atoms with Crippen LogP contribution in [0.1, 0.15) is 6.92 Å². The summed E-state index contributed by atoms with van der Waals surface area (Å²) in [7, 11) is -3.40. The van der Waals surface area contributed by atoms with E-state index in [0.717, 1.165) is 5.57 Å². The first-order chi connectivity index (χ1) is 7.50. The van der Waals surface area contributed by atoms with Gasteiger partial charge in [0.1, 0.15) is 4.90 Å². The Morgan fingerprint density at radius 1 is 1.44 bits per heavy atom. The summed E-state index contributed by atoms with van der Waals surface area (Å²) in [6.45, 7) is 6.04. The number of anilines is 1. The highest BCUT2D eigenvalue weighted by Gasteiger charge is 2.25. The van der Waals surface area contributed by atoms with Crippen LogP contribution in [0.5, 0.6) is 0 Å². The highest BCUT2D eigenvalue weighted by atomic mass is 32.2. The predicted octanol–water partition coefficient (Wildman–Crippen LogP) is 1.34. The molecule has 1 aromatic carbocycles. The minimum absolute atomic E-state index is 0.0709. The molecular formula is C11H14N2O2S. The Labute approximate surface area is 95.4 Å². The third-order valence-corrected chi connectivity index (χ3v) is 4.06. The molecule has 0 fully saturated rings. The van der Waals surface area contributed by atoms with Gasteiger partial charge in [0.2, 0.25) is 10.0 Å². The van der Waals surface area contributed by atoms with Crippen molar-refractivity contribution in [3.8, 4) is 0 Å². The van der Waals surface area contributed by atoms with E-state index in [0.29, 0.717) is 17.1 Å². The summed E-state index contributed by atoms with van der Waals surface area (Å²) in [6.07, 6.45) is 0. The first kappa shape index (κ1) is 11.2. The van der Waals surface area contributed by atoms with Gasteiger partial charge >= 0.3 is 0 Å². The Balaban J connectivity index is 2.51. The second-order valence-electron chi connectivity index (χ2n) is 3.89. The van der Waals surface area contributed by atoms with E-state index in [2.05, 4.69) is 16.6 Å². The van der Waals surface area contributed by atoms with Crippen LogP contribution >= 0.6 is 0 Å². The normalized spacial score (nSPS) is 22.7. The molecule has 1 heterocycles. The zero-order chi connectivity index (χ0) is 11.8. The van der Waals surface area contributed by atoms with Crippen molar-refractivity contribution in [1.82, 2.24) is 4.72 Å². The standard InChI is InChI=1S/C11H14N2O2S/c1-8(2)10-7-12-16(14,15)11-6-4-3-5-9(11)13-10/h3-6,10,12-13H,1,7H2,2H3. The molecule has 4 nitrogen and oxygen atoms in total. The van der Waals surface area contributed by atoms with Crippen molar-refractivity contribution in [3.05, 3.63) is 36.4 Å². The van der Waals surface area contributed by atoms with Gasteiger partial charge in [0.05, 0.1) is 11.7 Å². The second-order valence-corrected chi connectivity index (χ2v) is 5.63. The maximum Gasteiger partial charge on any atom is 0.242 e. The molecule has 0 amide bonds. The zero-order valence-corrected chi connectivity index (χ0v) is 9.84. The molecule has 0 saturated carbocycles. The lowest BCUT2D eigenvalue weighted by Gasteiger charge is -2.16. The van der Waals surface area contributed by atoms with Gasteiger partial charge < -0.3 is 5.32 Å². The molecule has 1 unspecified atom stereocenters. The molecule has 2 rings (SSSR count). The van der Waals surface area contributed by atoms with E-state index >= 15 is 0 Å². The van der Waals surface area contributed by atoms with E-state index in [1.165, 1.54) is 0 Å². The quantitative estimate of drug-likeness (QED) is 0.726. The van der Waals surface area contributed by atoms with E-state index < -0.39 is 10.0 Å². The number of benzene rings is 1. The molecule has 0 bridgehead atoms. The van der Waals surface area contributed by atoms with E-state index in [1.807, 2.05) is 13.0 Å². The predicted molar refractivity (Wildman–Crippen MR) is 63.9 cm³/mol. The lowest BCUT2D eigenvalue weighted by atomic mass is 10.1. The Hall–Kier alpha value is -1.33. The van der Waals surface area contributed by atoms with Crippen LogP contribution in [0.25, 0.3) is 0 Å². The van der Waals surface area contributed by atoms with Crippen LogP contribution in [0.3, 0.4) is 0 Å². The largest absolute Gasteiger partial charge is 0.376 e. The molecule has 1 aliphatic rings. The lowest BCUT2D eigenvalue weighted by molar-refractivity contribution is 0.582. The molecule has 1 aliphatic heterocycles. The number of sulfonamides is 1. The van der Waals surface area contributed by atoms with Gasteiger partial charge in [0, 0.05) is 6.54 Å². The molecule has 1 atom stereocenters. The van der Waals surface area contributed by atoms with Crippen molar-refractivity contribution < 1.29 is 8.42 Å². The highest BCUT2D eigenvalue weighted by Crippen LogP contribution is 2.24. The van der Waals surface area contributed by atoms with Crippen LogP contribution in [0.4, 0.5) is 5.69 Å². The van der Waals surface area contributed by atoms with Gasteiger partial charge in [-0.25, -0.2) is 13.1 Å². The molecule has 0 aliphatic carbocycles. The van der Waals surface area contributed by atoms with Crippen molar-refractivity contribution in [3.63, 3.8) is 0 Å². The first-order valence-electron chi connectivity index (χ1n) is 5.01. The molecule has 16 heavy (non-hydrogen) atoms. The molecule has 2 N–H and O–H groups in total. The minimum Gasteiger partial charge on any atom is -0.376 e. The van der Waals surface area contributed by atoms with Crippen LogP contribution in [-0.2, 0) is 10.0 Å². The fourth-order valence-electron chi connectivity index (χ4n) is 1.63. The summed E-state index contributed by atoms with van der Waals surface area (Å²) in [5.41, 5.74) is 1.53. The summed E-state index contributed by atoms with van der Waals surface area (Å²) >= 11 is 0. The van der Waals surface area contributed by atoms with Gasteiger partial charge in [0.15, 0.2) is 0 Å². The number of hydrogen-bond donors (Lipinski definition) is 2. The summed E-state index contributed by atoms with van der Waals surface area (Å²) in [5, 5.41) is 3.17. The van der Waals surface area contributed by atoms with Crippen molar-refractivity contribution in [2.24, 2.45) is 0 Å². The molecule has 86 valence electrons. The topological polar surface area (TPSA) is 58.2 Å². The average Bonchev–Trinajstić information content (AvgIpc) is 2.36. The van der Waals surface area contributed by atoms with Gasteiger partial charge in [0.25, 0.3) is 0 Å². The molecule has 0 aromatic heterocycles. The van der Waals surface area contributed by atoms with Crippen LogP contribution < -0.4 is 10.0 Å². The van der Waals surface area contributed by atoms with Crippen molar-refractivity contribution in [2.75, 3.05) is 11.9 Å². The molecule has 5 heteroatoms. The van der Waals surface area contributed by atoms with Gasteiger partial charge in [-0.3, -0.25) is 0 Å². The fraction of sp³-hybridized carbons (Fsp3) is 0.273. The van der Waals surface area contributed by atoms with E-state index in [-0.39, 0.29) is 6.04 Å². The third-order valence-electron chi connectivity index (χ3n) is 2.58. The van der Waals surface area contributed by atoms with Crippen molar-refractivity contribution in [1.29, 1.82) is 0 Å². The van der Waals surface area contributed by atoms with Crippen molar-refractivity contribution in [2.45, 2.75) is 17.9 Å². The number of para-hydroxylation sites is 1. The average molecular weight is 238 g/mol. The first-order valence-corrected chi connectivity index (χ1v) is 6.49. The van der Waals surface area contributed by atoms with Crippen LogP contribution in [0.2, 0.25) is 0 Å². The zero-order valence-electron chi connectivity index (χ0n) is 9.03. The van der Waals surface area contributed by atoms with Gasteiger partial charge in [-0.2, -0.15) is 0 Å².